The SMILES string of the molecule is [CH3-].[CH3-].[CH3-].[CH3-].[CH3-].[V+2].[V]. The van der Waals surface area contributed by atoms with Crippen LogP contribution in [0.15, 0.2) is 0 Å². The van der Waals surface area contributed by atoms with Gasteiger partial charge in [-0.05, 0) is 0 Å². The van der Waals surface area contributed by atoms with Gasteiger partial charge in [0.15, 0.2) is 0 Å². The van der Waals surface area contributed by atoms with E-state index in [-0.39, 0.29) is 74.2 Å². The van der Waals surface area contributed by atoms with Gasteiger partial charge >= 0.3 is 18.6 Å². The van der Waals surface area contributed by atoms with Gasteiger partial charge in [0.05, 0.1) is 0 Å². The van der Waals surface area contributed by atoms with Crippen molar-refractivity contribution in [1.82, 2.24) is 0 Å². The number of rotatable bonds is 0. The Morgan fingerprint density at radius 1 is 0.429 bits per heavy atom. The predicted molar refractivity (Wildman–Crippen MR) is 32.1 cm³/mol. The molecule has 0 saturated heterocycles. The Morgan fingerprint density at radius 3 is 0.429 bits per heavy atom. The second-order valence-electron chi connectivity index (χ2n) is 0. The molecule has 0 aliphatic rings. The largest absolute Gasteiger partial charge is 2.00 e. The van der Waals surface area contributed by atoms with Gasteiger partial charge in [0, 0.05) is 18.6 Å². The molecule has 0 atom stereocenters. The van der Waals surface area contributed by atoms with Gasteiger partial charge in [0.2, 0.25) is 0 Å². The van der Waals surface area contributed by atoms with Crippen LogP contribution in [0.2, 0.25) is 0 Å². The van der Waals surface area contributed by atoms with Crippen molar-refractivity contribution in [1.29, 1.82) is 0 Å². The molecule has 0 aromatic rings. The molecule has 0 N–H and O–H groups in total. The van der Waals surface area contributed by atoms with Gasteiger partial charge in [-0.3, -0.25) is 0 Å². The van der Waals surface area contributed by atoms with Crippen molar-refractivity contribution < 1.29 is 37.1 Å². The molecule has 7 heavy (non-hydrogen) atoms. The van der Waals surface area contributed by atoms with E-state index in [0.717, 1.165) is 0 Å². The summed E-state index contributed by atoms with van der Waals surface area (Å²) in [5.74, 6) is 0. The summed E-state index contributed by atoms with van der Waals surface area (Å²) in [6, 6.07) is 0. The summed E-state index contributed by atoms with van der Waals surface area (Å²) in [5.41, 5.74) is 0. The third-order valence-electron chi connectivity index (χ3n) is 0. The Hall–Kier alpha value is 1.17. The Morgan fingerprint density at radius 2 is 0.429 bits per heavy atom. The van der Waals surface area contributed by atoms with Crippen LogP contribution in [0, 0.1) is 37.1 Å². The molecule has 0 aliphatic heterocycles. The van der Waals surface area contributed by atoms with Crippen molar-refractivity contribution >= 4 is 0 Å². The molecule has 0 nitrogen and oxygen atoms in total. The molecule has 0 aromatic heterocycles. The van der Waals surface area contributed by atoms with E-state index >= 15 is 0 Å². The van der Waals surface area contributed by atoms with Gasteiger partial charge in [-0.15, -0.1) is 0 Å². The molecule has 0 amide bonds. The van der Waals surface area contributed by atoms with Crippen LogP contribution in [0.4, 0.5) is 0 Å². The van der Waals surface area contributed by atoms with Crippen LogP contribution in [-0.2, 0) is 37.1 Å². The minimum atomic E-state index is 0. The molecule has 0 aromatic carbocycles. The van der Waals surface area contributed by atoms with Crippen molar-refractivity contribution in [2.45, 2.75) is 0 Å². The van der Waals surface area contributed by atoms with E-state index in [0.29, 0.717) is 0 Å². The smallest absolute Gasteiger partial charge is 0.358 e. The van der Waals surface area contributed by atoms with Crippen LogP contribution in [0.5, 0.6) is 0 Å². The molecule has 0 saturated carbocycles. The third kappa shape index (κ3) is 140. The molecule has 0 aliphatic carbocycles. The fourth-order valence-electron chi connectivity index (χ4n) is 0. The maximum Gasteiger partial charge on any atom is 2.00 e. The molecular formula is C5H15V2-3. The normalized spacial score (nSPS) is 0. The van der Waals surface area contributed by atoms with Crippen molar-refractivity contribution in [3.63, 3.8) is 0 Å². The number of hydrogen-bond donors (Lipinski definition) is 0. The Labute approximate surface area is 74.2 Å². The molecule has 48 valence electrons. The van der Waals surface area contributed by atoms with Gasteiger partial charge < -0.3 is 37.1 Å². The van der Waals surface area contributed by atoms with E-state index in [4.69, 9.17) is 0 Å². The molecule has 0 fully saturated rings. The Kier molecular flexibility index (Phi) is 8770. The molecule has 0 bridgehead atoms. The zero-order valence-electron chi connectivity index (χ0n) is 5.89. The maximum absolute atomic E-state index is 0. The fourth-order valence-corrected chi connectivity index (χ4v) is 0. The summed E-state index contributed by atoms with van der Waals surface area (Å²) in [6.07, 6.45) is 0. The van der Waals surface area contributed by atoms with Crippen molar-refractivity contribution in [3.8, 4) is 0 Å². The zero-order chi connectivity index (χ0) is 0. The van der Waals surface area contributed by atoms with Gasteiger partial charge in [-0.2, -0.15) is 0 Å². The minimum absolute atomic E-state index is 0. The predicted octanol–water partition coefficient (Wildman–Crippen LogP) is 2.25. The van der Waals surface area contributed by atoms with E-state index in [1.165, 1.54) is 0 Å². The average molecular weight is 177 g/mol. The van der Waals surface area contributed by atoms with E-state index in [2.05, 4.69) is 0 Å². The Bertz CT molecular complexity index is 6.04. The van der Waals surface area contributed by atoms with Crippen molar-refractivity contribution in [3.05, 3.63) is 37.1 Å². The summed E-state index contributed by atoms with van der Waals surface area (Å²) in [6.45, 7) is 0. The Balaban J connectivity index is 0. The fraction of sp³-hybridized carbons (Fsp3) is 0. The van der Waals surface area contributed by atoms with E-state index in [1.54, 1.807) is 0 Å². The zero-order valence-corrected chi connectivity index (χ0v) is 8.69. The minimum Gasteiger partial charge on any atom is -0.358 e. The van der Waals surface area contributed by atoms with Crippen LogP contribution < -0.4 is 0 Å². The van der Waals surface area contributed by atoms with Crippen LogP contribution in [0.3, 0.4) is 0 Å². The summed E-state index contributed by atoms with van der Waals surface area (Å²) in [5, 5.41) is 0. The molecule has 2 radical (unpaired) electrons. The first kappa shape index (κ1) is 307. The quantitative estimate of drug-likeness (QED) is 0.498. The number of hydrogen-bond acceptors (Lipinski definition) is 0. The van der Waals surface area contributed by atoms with Gasteiger partial charge in [-0.25, -0.2) is 0 Å². The maximum atomic E-state index is 0. The monoisotopic (exact) mass is 177 g/mol. The first-order valence-corrected chi connectivity index (χ1v) is 0. The summed E-state index contributed by atoms with van der Waals surface area (Å²) >= 11 is 0. The van der Waals surface area contributed by atoms with Gasteiger partial charge in [0.1, 0.15) is 0 Å². The molecule has 2 heteroatoms. The molecule has 0 spiro atoms. The first-order valence-electron chi connectivity index (χ1n) is 0. The first-order chi connectivity index (χ1) is 0. The van der Waals surface area contributed by atoms with Crippen LogP contribution >= 0.6 is 0 Å². The molecule has 0 rings (SSSR count). The second-order valence-corrected chi connectivity index (χ2v) is 0. The van der Waals surface area contributed by atoms with E-state index < -0.39 is 0 Å². The average Bonchev–Trinajstić information content (AvgIpc) is 0. The van der Waals surface area contributed by atoms with E-state index in [1.807, 2.05) is 0 Å². The third-order valence-corrected chi connectivity index (χ3v) is 0. The molecular weight excluding hydrogens is 162 g/mol. The van der Waals surface area contributed by atoms with E-state index in [9.17, 15) is 0 Å². The van der Waals surface area contributed by atoms with Crippen LogP contribution in [0.1, 0.15) is 0 Å². The van der Waals surface area contributed by atoms with Crippen LogP contribution in [0.25, 0.3) is 0 Å². The molecule has 0 unspecified atom stereocenters. The van der Waals surface area contributed by atoms with Gasteiger partial charge in [0.25, 0.3) is 0 Å². The summed E-state index contributed by atoms with van der Waals surface area (Å²) in [4.78, 5) is 0. The van der Waals surface area contributed by atoms with Gasteiger partial charge in [-0.1, -0.05) is 0 Å². The second kappa shape index (κ2) is 200. The molecule has 0 heterocycles. The topological polar surface area (TPSA) is 0 Å². The summed E-state index contributed by atoms with van der Waals surface area (Å²) < 4.78 is 0. The standard InChI is InChI=1S/5CH3.2V/h5*1H3;;/q5*-1;;+2. The summed E-state index contributed by atoms with van der Waals surface area (Å²) in [7, 11) is 0. The van der Waals surface area contributed by atoms with Crippen LogP contribution in [-0.4, -0.2) is 0 Å². The van der Waals surface area contributed by atoms with Crippen molar-refractivity contribution in [2.75, 3.05) is 0 Å². The van der Waals surface area contributed by atoms with Crippen molar-refractivity contribution in [2.24, 2.45) is 0 Å².